The molecule has 21 heavy (non-hydrogen) atoms. The first kappa shape index (κ1) is 15.7. The summed E-state index contributed by atoms with van der Waals surface area (Å²) in [4.78, 5) is 16.4. The van der Waals surface area contributed by atoms with Gasteiger partial charge >= 0.3 is 0 Å². The summed E-state index contributed by atoms with van der Waals surface area (Å²) in [7, 11) is 0. The van der Waals surface area contributed by atoms with E-state index in [4.69, 9.17) is 10.5 Å². The summed E-state index contributed by atoms with van der Waals surface area (Å²) in [6.07, 6.45) is 2.68. The SMILES string of the molecule is CCCC[C@H](N)C(=O)Nc1nc2ccc(OCC)cc2s1. The average Bonchev–Trinajstić information content (AvgIpc) is 2.86. The van der Waals surface area contributed by atoms with Crippen LogP contribution in [0.2, 0.25) is 0 Å². The van der Waals surface area contributed by atoms with E-state index in [9.17, 15) is 4.79 Å². The highest BCUT2D eigenvalue weighted by molar-refractivity contribution is 7.22. The molecule has 0 radical (unpaired) electrons. The van der Waals surface area contributed by atoms with Gasteiger partial charge in [0.15, 0.2) is 5.13 Å². The minimum absolute atomic E-state index is 0.174. The number of thiazole rings is 1. The largest absolute Gasteiger partial charge is 0.494 e. The van der Waals surface area contributed by atoms with Crippen molar-refractivity contribution in [2.24, 2.45) is 5.73 Å². The van der Waals surface area contributed by atoms with Crippen molar-refractivity contribution in [3.8, 4) is 5.75 Å². The normalized spacial score (nSPS) is 12.3. The quantitative estimate of drug-likeness (QED) is 0.823. The Labute approximate surface area is 128 Å². The second-order valence-corrected chi connectivity index (χ2v) is 5.85. The maximum atomic E-state index is 12.0. The first-order valence-electron chi connectivity index (χ1n) is 7.23. The van der Waals surface area contributed by atoms with E-state index in [0.29, 0.717) is 18.2 Å². The summed E-state index contributed by atoms with van der Waals surface area (Å²) >= 11 is 1.43. The third kappa shape index (κ3) is 4.15. The van der Waals surface area contributed by atoms with Crippen LogP contribution < -0.4 is 15.8 Å². The first-order chi connectivity index (χ1) is 10.1. The van der Waals surface area contributed by atoms with Gasteiger partial charge in [0.1, 0.15) is 5.75 Å². The number of aromatic nitrogens is 1. The molecule has 0 bridgehead atoms. The van der Waals surface area contributed by atoms with E-state index in [-0.39, 0.29) is 5.91 Å². The predicted molar refractivity (Wildman–Crippen MR) is 86.9 cm³/mol. The summed E-state index contributed by atoms with van der Waals surface area (Å²) in [5.41, 5.74) is 6.70. The van der Waals surface area contributed by atoms with Gasteiger partial charge in [-0.1, -0.05) is 31.1 Å². The van der Waals surface area contributed by atoms with Crippen LogP contribution in [0.25, 0.3) is 10.2 Å². The standard InChI is InChI=1S/C15H21N3O2S/c1-3-5-6-11(16)14(19)18-15-17-12-8-7-10(20-4-2)9-13(12)21-15/h7-9,11H,3-6,16H2,1-2H3,(H,17,18,19)/t11-/m0/s1. The second kappa shape index (κ2) is 7.38. The number of hydrogen-bond acceptors (Lipinski definition) is 5. The second-order valence-electron chi connectivity index (χ2n) is 4.82. The van der Waals surface area contributed by atoms with Crippen LogP contribution >= 0.6 is 11.3 Å². The number of unbranched alkanes of at least 4 members (excludes halogenated alkanes) is 1. The number of nitrogens with two attached hydrogens (primary N) is 1. The fourth-order valence-corrected chi connectivity index (χ4v) is 2.87. The molecular weight excluding hydrogens is 286 g/mol. The lowest BCUT2D eigenvalue weighted by Crippen LogP contribution is -2.35. The summed E-state index contributed by atoms with van der Waals surface area (Å²) in [5.74, 6) is 0.638. The molecule has 2 aromatic rings. The molecule has 1 atom stereocenters. The van der Waals surface area contributed by atoms with Crippen molar-refractivity contribution in [3.05, 3.63) is 18.2 Å². The molecule has 0 unspecified atom stereocenters. The molecule has 0 fully saturated rings. The van der Waals surface area contributed by atoms with Crippen molar-refractivity contribution in [2.75, 3.05) is 11.9 Å². The average molecular weight is 307 g/mol. The molecule has 1 aromatic carbocycles. The molecule has 1 heterocycles. The molecule has 3 N–H and O–H groups in total. The van der Waals surface area contributed by atoms with Crippen molar-refractivity contribution < 1.29 is 9.53 Å². The third-order valence-electron chi connectivity index (χ3n) is 3.11. The van der Waals surface area contributed by atoms with Gasteiger partial charge in [-0.2, -0.15) is 0 Å². The Kier molecular flexibility index (Phi) is 5.52. The highest BCUT2D eigenvalue weighted by Crippen LogP contribution is 2.29. The monoisotopic (exact) mass is 307 g/mol. The number of ether oxygens (including phenoxy) is 1. The Bertz CT molecular complexity index is 612. The highest BCUT2D eigenvalue weighted by Gasteiger charge is 2.15. The molecule has 0 saturated heterocycles. The number of nitrogens with zero attached hydrogens (tertiary/aromatic N) is 1. The zero-order valence-electron chi connectivity index (χ0n) is 12.4. The number of rotatable bonds is 7. The highest BCUT2D eigenvalue weighted by atomic mass is 32.1. The molecule has 6 heteroatoms. The van der Waals surface area contributed by atoms with E-state index in [1.165, 1.54) is 11.3 Å². The van der Waals surface area contributed by atoms with Crippen LogP contribution in [-0.4, -0.2) is 23.5 Å². The number of carbonyl (C=O) groups excluding carboxylic acids is 1. The summed E-state index contributed by atoms with van der Waals surface area (Å²) in [5, 5.41) is 3.37. The summed E-state index contributed by atoms with van der Waals surface area (Å²) < 4.78 is 6.44. The van der Waals surface area contributed by atoms with Gasteiger partial charge in [0.25, 0.3) is 0 Å². The molecule has 1 aromatic heterocycles. The van der Waals surface area contributed by atoms with Crippen molar-refractivity contribution in [1.29, 1.82) is 0 Å². The Balaban J connectivity index is 2.06. The maximum Gasteiger partial charge on any atom is 0.243 e. The van der Waals surface area contributed by atoms with Gasteiger partial charge in [-0.15, -0.1) is 0 Å². The third-order valence-corrected chi connectivity index (χ3v) is 4.04. The Morgan fingerprint density at radius 3 is 3.00 bits per heavy atom. The Morgan fingerprint density at radius 1 is 1.48 bits per heavy atom. The summed E-state index contributed by atoms with van der Waals surface area (Å²) in [6.45, 7) is 4.65. The van der Waals surface area contributed by atoms with E-state index in [2.05, 4.69) is 17.2 Å². The van der Waals surface area contributed by atoms with Crippen molar-refractivity contribution in [3.63, 3.8) is 0 Å². The van der Waals surface area contributed by atoms with Crippen LogP contribution in [0, 0.1) is 0 Å². The molecular formula is C15H21N3O2S. The van der Waals surface area contributed by atoms with E-state index in [1.807, 2.05) is 25.1 Å². The van der Waals surface area contributed by atoms with Gasteiger partial charge in [-0.25, -0.2) is 4.98 Å². The van der Waals surface area contributed by atoms with E-state index >= 15 is 0 Å². The topological polar surface area (TPSA) is 77.2 Å². The van der Waals surface area contributed by atoms with Crippen molar-refractivity contribution in [1.82, 2.24) is 4.98 Å². The number of nitrogens with one attached hydrogen (secondary N) is 1. The van der Waals surface area contributed by atoms with Crippen LogP contribution in [0.5, 0.6) is 5.75 Å². The number of fused-ring (bicyclic) bond motifs is 1. The maximum absolute atomic E-state index is 12.0. The lowest BCUT2D eigenvalue weighted by Gasteiger charge is -2.09. The molecule has 5 nitrogen and oxygen atoms in total. The number of amides is 1. The van der Waals surface area contributed by atoms with Gasteiger partial charge in [0, 0.05) is 0 Å². The zero-order valence-corrected chi connectivity index (χ0v) is 13.2. The number of benzene rings is 1. The number of anilines is 1. The molecule has 0 spiro atoms. The number of hydrogen-bond donors (Lipinski definition) is 2. The molecule has 0 aliphatic carbocycles. The molecule has 114 valence electrons. The fourth-order valence-electron chi connectivity index (χ4n) is 1.97. The van der Waals surface area contributed by atoms with Crippen molar-refractivity contribution in [2.45, 2.75) is 39.2 Å². The van der Waals surface area contributed by atoms with Crippen LogP contribution in [0.1, 0.15) is 33.1 Å². The zero-order chi connectivity index (χ0) is 15.2. The fraction of sp³-hybridized carbons (Fsp3) is 0.467. The van der Waals surface area contributed by atoms with Crippen LogP contribution in [-0.2, 0) is 4.79 Å². The molecule has 0 aliphatic rings. The number of carbonyl (C=O) groups is 1. The van der Waals surface area contributed by atoms with Gasteiger partial charge in [0.2, 0.25) is 5.91 Å². The smallest absolute Gasteiger partial charge is 0.243 e. The molecule has 2 rings (SSSR count). The minimum Gasteiger partial charge on any atom is -0.494 e. The first-order valence-corrected chi connectivity index (χ1v) is 8.05. The van der Waals surface area contributed by atoms with Crippen LogP contribution in [0.15, 0.2) is 18.2 Å². The van der Waals surface area contributed by atoms with Crippen LogP contribution in [0.3, 0.4) is 0 Å². The lowest BCUT2D eigenvalue weighted by atomic mass is 10.1. The Morgan fingerprint density at radius 2 is 2.29 bits per heavy atom. The van der Waals surface area contributed by atoms with Gasteiger partial charge in [0.05, 0.1) is 22.9 Å². The minimum atomic E-state index is -0.476. The van der Waals surface area contributed by atoms with Gasteiger partial charge < -0.3 is 15.8 Å². The van der Waals surface area contributed by atoms with Crippen LogP contribution in [0.4, 0.5) is 5.13 Å². The lowest BCUT2D eigenvalue weighted by molar-refractivity contribution is -0.117. The summed E-state index contributed by atoms with van der Waals surface area (Å²) in [6, 6.07) is 5.23. The van der Waals surface area contributed by atoms with Gasteiger partial charge in [-0.3, -0.25) is 4.79 Å². The molecule has 0 aliphatic heterocycles. The van der Waals surface area contributed by atoms with Gasteiger partial charge in [-0.05, 0) is 31.5 Å². The van der Waals surface area contributed by atoms with E-state index < -0.39 is 6.04 Å². The molecule has 0 saturated carbocycles. The van der Waals surface area contributed by atoms with Crippen molar-refractivity contribution >= 4 is 32.6 Å². The van der Waals surface area contributed by atoms with E-state index in [0.717, 1.165) is 28.8 Å². The Hall–Kier alpha value is -1.66. The predicted octanol–water partition coefficient (Wildman–Crippen LogP) is 3.15. The molecule has 1 amide bonds. The van der Waals surface area contributed by atoms with E-state index in [1.54, 1.807) is 0 Å².